The minimum absolute atomic E-state index is 0.498. The Hall–Kier alpha value is -1.20. The van der Waals surface area contributed by atoms with Crippen LogP contribution in [0.1, 0.15) is 30.1 Å². The third kappa shape index (κ3) is 2.97. The highest BCUT2D eigenvalue weighted by molar-refractivity contribution is 9.10. The second kappa shape index (κ2) is 5.63. The summed E-state index contributed by atoms with van der Waals surface area (Å²) < 4.78 is 2.77. The van der Waals surface area contributed by atoms with Gasteiger partial charge in [-0.1, -0.05) is 0 Å². The number of pyridine rings is 1. The number of aryl methyl sites for hydroxylation is 2. The number of aliphatic hydroxyl groups excluding tert-OH is 1. The van der Waals surface area contributed by atoms with Crippen LogP contribution in [0.5, 0.6) is 0 Å². The quantitative estimate of drug-likeness (QED) is 0.944. The normalized spacial score (nSPS) is 12.7. The molecule has 2 rings (SSSR count). The first-order chi connectivity index (χ1) is 8.60. The fourth-order valence-electron chi connectivity index (χ4n) is 1.92. The molecule has 1 unspecified atom stereocenters. The fraction of sp³-hybridized carbons (Fsp3) is 0.385. The lowest BCUT2D eigenvalue weighted by atomic mass is 10.1. The van der Waals surface area contributed by atoms with Crippen LogP contribution in [0.25, 0.3) is 0 Å². The van der Waals surface area contributed by atoms with Crippen LogP contribution in [-0.4, -0.2) is 19.9 Å². The number of rotatable bonds is 4. The second-order valence-electron chi connectivity index (χ2n) is 4.21. The zero-order valence-corrected chi connectivity index (χ0v) is 12.1. The molecule has 0 aromatic carbocycles. The Balaban J connectivity index is 2.16. The van der Waals surface area contributed by atoms with Crippen LogP contribution in [0.4, 0.5) is 0 Å². The molecule has 5 heteroatoms. The summed E-state index contributed by atoms with van der Waals surface area (Å²) in [6.07, 6.45) is 1.67. The van der Waals surface area contributed by atoms with Gasteiger partial charge >= 0.3 is 0 Å². The molecule has 0 aliphatic carbocycles. The van der Waals surface area contributed by atoms with E-state index in [1.165, 1.54) is 0 Å². The van der Waals surface area contributed by atoms with Gasteiger partial charge in [-0.3, -0.25) is 9.67 Å². The second-order valence-corrected chi connectivity index (χ2v) is 5.13. The molecule has 0 fully saturated rings. The molecule has 4 nitrogen and oxygen atoms in total. The van der Waals surface area contributed by atoms with Gasteiger partial charge < -0.3 is 5.11 Å². The minimum Gasteiger partial charge on any atom is -0.386 e. The lowest BCUT2D eigenvalue weighted by molar-refractivity contribution is 0.166. The van der Waals surface area contributed by atoms with Gasteiger partial charge in [0.2, 0.25) is 0 Å². The smallest absolute Gasteiger partial charge is 0.101 e. The molecule has 0 saturated heterocycles. The SMILES string of the molecule is CCn1nc(C)cc1C(O)Cc1ccc(Br)cn1. The molecule has 18 heavy (non-hydrogen) atoms. The van der Waals surface area contributed by atoms with Crippen LogP contribution < -0.4 is 0 Å². The summed E-state index contributed by atoms with van der Waals surface area (Å²) in [7, 11) is 0. The highest BCUT2D eigenvalue weighted by atomic mass is 79.9. The van der Waals surface area contributed by atoms with Crippen molar-refractivity contribution in [2.45, 2.75) is 32.9 Å². The van der Waals surface area contributed by atoms with E-state index in [0.29, 0.717) is 6.42 Å². The van der Waals surface area contributed by atoms with Crippen LogP contribution >= 0.6 is 15.9 Å². The Morgan fingerprint density at radius 2 is 2.22 bits per heavy atom. The molecule has 0 amide bonds. The average Bonchev–Trinajstić information content (AvgIpc) is 2.73. The number of aromatic nitrogens is 3. The lowest BCUT2D eigenvalue weighted by Gasteiger charge is -2.11. The first kappa shape index (κ1) is 13.2. The molecule has 0 aliphatic heterocycles. The summed E-state index contributed by atoms with van der Waals surface area (Å²) in [5.74, 6) is 0. The van der Waals surface area contributed by atoms with Gasteiger partial charge in [-0.15, -0.1) is 0 Å². The van der Waals surface area contributed by atoms with Crippen LogP contribution in [0.15, 0.2) is 28.9 Å². The van der Waals surface area contributed by atoms with E-state index in [1.54, 1.807) is 6.20 Å². The zero-order chi connectivity index (χ0) is 13.1. The predicted molar refractivity (Wildman–Crippen MR) is 73.2 cm³/mol. The molecule has 0 bridgehead atoms. The standard InChI is InChI=1S/C13H16BrN3O/c1-3-17-12(6-9(2)16-17)13(18)7-11-5-4-10(14)8-15-11/h4-6,8,13,18H,3,7H2,1-2H3. The van der Waals surface area contributed by atoms with Gasteiger partial charge in [0.05, 0.1) is 11.4 Å². The molecule has 0 spiro atoms. The lowest BCUT2D eigenvalue weighted by Crippen LogP contribution is -2.10. The Kier molecular flexibility index (Phi) is 4.14. The van der Waals surface area contributed by atoms with Crippen molar-refractivity contribution < 1.29 is 5.11 Å². The number of hydrogen-bond donors (Lipinski definition) is 1. The maximum absolute atomic E-state index is 10.3. The summed E-state index contributed by atoms with van der Waals surface area (Å²) in [6, 6.07) is 5.76. The van der Waals surface area contributed by atoms with Crippen molar-refractivity contribution >= 4 is 15.9 Å². The van der Waals surface area contributed by atoms with E-state index in [2.05, 4.69) is 26.0 Å². The van der Waals surface area contributed by atoms with Crippen LogP contribution in [0.2, 0.25) is 0 Å². The van der Waals surface area contributed by atoms with Crippen molar-refractivity contribution in [2.24, 2.45) is 0 Å². The maximum Gasteiger partial charge on any atom is 0.101 e. The molecule has 0 saturated carbocycles. The third-order valence-corrected chi connectivity index (χ3v) is 3.23. The molecule has 0 aliphatic rings. The van der Waals surface area contributed by atoms with Crippen LogP contribution in [0, 0.1) is 6.92 Å². The summed E-state index contributed by atoms with van der Waals surface area (Å²) in [6.45, 7) is 4.70. The highest BCUT2D eigenvalue weighted by Crippen LogP contribution is 2.19. The summed E-state index contributed by atoms with van der Waals surface area (Å²) in [5.41, 5.74) is 2.64. The molecule has 2 aromatic rings. The van der Waals surface area contributed by atoms with E-state index < -0.39 is 6.10 Å². The Morgan fingerprint density at radius 1 is 1.44 bits per heavy atom. The van der Waals surface area contributed by atoms with E-state index in [1.807, 2.05) is 36.7 Å². The van der Waals surface area contributed by atoms with E-state index >= 15 is 0 Å². The Bertz CT molecular complexity index is 522. The van der Waals surface area contributed by atoms with E-state index in [0.717, 1.165) is 28.1 Å². The van der Waals surface area contributed by atoms with Crippen molar-refractivity contribution in [3.63, 3.8) is 0 Å². The summed E-state index contributed by atoms with van der Waals surface area (Å²) in [5, 5.41) is 14.6. The van der Waals surface area contributed by atoms with Crippen molar-refractivity contribution in [1.29, 1.82) is 0 Å². The average molecular weight is 310 g/mol. The predicted octanol–water partition coefficient (Wildman–Crippen LogP) is 2.65. The van der Waals surface area contributed by atoms with Crippen molar-refractivity contribution in [3.8, 4) is 0 Å². The summed E-state index contributed by atoms with van der Waals surface area (Å²) in [4.78, 5) is 4.27. The third-order valence-electron chi connectivity index (χ3n) is 2.77. The zero-order valence-electron chi connectivity index (χ0n) is 10.5. The Morgan fingerprint density at radius 3 is 2.83 bits per heavy atom. The molecular formula is C13H16BrN3O. The first-order valence-electron chi connectivity index (χ1n) is 5.93. The van der Waals surface area contributed by atoms with E-state index in [-0.39, 0.29) is 0 Å². The Labute approximate surface area is 115 Å². The summed E-state index contributed by atoms with van der Waals surface area (Å²) >= 11 is 3.34. The van der Waals surface area contributed by atoms with Gasteiger partial charge in [-0.2, -0.15) is 5.10 Å². The molecule has 2 heterocycles. The molecule has 0 radical (unpaired) electrons. The van der Waals surface area contributed by atoms with Gasteiger partial charge in [0.1, 0.15) is 6.10 Å². The van der Waals surface area contributed by atoms with Crippen molar-refractivity contribution in [1.82, 2.24) is 14.8 Å². The number of hydrogen-bond acceptors (Lipinski definition) is 3. The highest BCUT2D eigenvalue weighted by Gasteiger charge is 2.15. The van der Waals surface area contributed by atoms with Gasteiger partial charge in [-0.25, -0.2) is 0 Å². The molecule has 2 aromatic heterocycles. The molecule has 96 valence electrons. The minimum atomic E-state index is -0.570. The number of aliphatic hydroxyl groups is 1. The number of nitrogens with zero attached hydrogens (tertiary/aromatic N) is 3. The largest absolute Gasteiger partial charge is 0.386 e. The van der Waals surface area contributed by atoms with Gasteiger partial charge in [0, 0.05) is 29.3 Å². The number of halogens is 1. The van der Waals surface area contributed by atoms with Gasteiger partial charge in [0.25, 0.3) is 0 Å². The first-order valence-corrected chi connectivity index (χ1v) is 6.72. The van der Waals surface area contributed by atoms with Crippen LogP contribution in [-0.2, 0) is 13.0 Å². The van der Waals surface area contributed by atoms with Crippen molar-refractivity contribution in [2.75, 3.05) is 0 Å². The van der Waals surface area contributed by atoms with E-state index in [9.17, 15) is 5.11 Å². The monoisotopic (exact) mass is 309 g/mol. The molecule has 1 N–H and O–H groups in total. The van der Waals surface area contributed by atoms with Gasteiger partial charge in [0.15, 0.2) is 0 Å². The van der Waals surface area contributed by atoms with Gasteiger partial charge in [-0.05, 0) is 48.0 Å². The van der Waals surface area contributed by atoms with Crippen LogP contribution in [0.3, 0.4) is 0 Å². The van der Waals surface area contributed by atoms with E-state index in [4.69, 9.17) is 0 Å². The van der Waals surface area contributed by atoms with Crippen molar-refractivity contribution in [3.05, 3.63) is 46.0 Å². The molecule has 1 atom stereocenters. The fourth-order valence-corrected chi connectivity index (χ4v) is 2.15. The molecular weight excluding hydrogens is 294 g/mol. The maximum atomic E-state index is 10.3. The topological polar surface area (TPSA) is 50.9 Å².